The number of esters is 1. The largest absolute Gasteiger partial charge is 0.452 e. The molecule has 1 rings (SSSR count). The van der Waals surface area contributed by atoms with Crippen molar-refractivity contribution in [1.82, 2.24) is 5.32 Å². The van der Waals surface area contributed by atoms with Gasteiger partial charge in [-0.1, -0.05) is 0 Å². The molecule has 116 valence electrons. The minimum absolute atomic E-state index is 0.255. The molecule has 0 aliphatic rings. The quantitative estimate of drug-likeness (QED) is 0.600. The van der Waals surface area contributed by atoms with Crippen LogP contribution in [0.4, 0.5) is 14.5 Å². The highest BCUT2D eigenvalue weighted by atomic mass is 19.2. The third-order valence-electron chi connectivity index (χ3n) is 2.47. The molecular formula is C13H16F2N2O4. The molecule has 0 aromatic heterocycles. The summed E-state index contributed by atoms with van der Waals surface area (Å²) in [6.07, 6.45) is 0. The van der Waals surface area contributed by atoms with Crippen molar-refractivity contribution in [1.29, 1.82) is 0 Å². The molecule has 1 aromatic rings. The lowest BCUT2D eigenvalue weighted by Crippen LogP contribution is -2.38. The molecule has 0 radical (unpaired) electrons. The van der Waals surface area contributed by atoms with E-state index in [1.54, 1.807) is 6.92 Å². The van der Waals surface area contributed by atoms with Gasteiger partial charge in [-0.2, -0.15) is 0 Å². The molecule has 1 aromatic carbocycles. The molecule has 21 heavy (non-hydrogen) atoms. The number of benzene rings is 1. The average Bonchev–Trinajstić information content (AvgIpc) is 2.40. The maximum absolute atomic E-state index is 13.0. The van der Waals surface area contributed by atoms with Crippen molar-refractivity contribution in [3.63, 3.8) is 0 Å². The van der Waals surface area contributed by atoms with Crippen LogP contribution in [0.5, 0.6) is 0 Å². The van der Waals surface area contributed by atoms with Crippen molar-refractivity contribution in [3.8, 4) is 0 Å². The third kappa shape index (κ3) is 4.99. The Morgan fingerprint density at radius 1 is 1.33 bits per heavy atom. The zero-order valence-corrected chi connectivity index (χ0v) is 11.6. The number of methoxy groups -OCH3 is 1. The lowest BCUT2D eigenvalue weighted by molar-refractivity contribution is -0.125. The molecule has 8 heteroatoms. The first kappa shape index (κ1) is 16.8. The smallest absolute Gasteiger partial charge is 0.340 e. The first-order chi connectivity index (χ1) is 9.85. The van der Waals surface area contributed by atoms with Crippen LogP contribution < -0.4 is 11.1 Å². The molecule has 0 saturated heterocycles. The van der Waals surface area contributed by atoms with Gasteiger partial charge < -0.3 is 20.5 Å². The zero-order valence-electron chi connectivity index (χ0n) is 11.6. The van der Waals surface area contributed by atoms with Crippen LogP contribution in [-0.2, 0) is 14.3 Å². The van der Waals surface area contributed by atoms with Gasteiger partial charge in [-0.3, -0.25) is 4.79 Å². The normalized spacial score (nSPS) is 11.8. The third-order valence-corrected chi connectivity index (χ3v) is 2.47. The van der Waals surface area contributed by atoms with E-state index in [2.05, 4.69) is 10.1 Å². The lowest BCUT2D eigenvalue weighted by Gasteiger charge is -2.13. The topological polar surface area (TPSA) is 90.6 Å². The summed E-state index contributed by atoms with van der Waals surface area (Å²) in [6.45, 7) is 1.44. The van der Waals surface area contributed by atoms with Crippen molar-refractivity contribution >= 4 is 17.6 Å². The Morgan fingerprint density at radius 2 is 1.95 bits per heavy atom. The molecule has 0 aliphatic heterocycles. The van der Waals surface area contributed by atoms with E-state index in [4.69, 9.17) is 10.5 Å². The maximum Gasteiger partial charge on any atom is 0.340 e. The maximum atomic E-state index is 13.0. The fourth-order valence-corrected chi connectivity index (χ4v) is 1.56. The van der Waals surface area contributed by atoms with Crippen molar-refractivity contribution < 1.29 is 27.8 Å². The highest BCUT2D eigenvalue weighted by Gasteiger charge is 2.17. The van der Waals surface area contributed by atoms with E-state index >= 15 is 0 Å². The van der Waals surface area contributed by atoms with Crippen molar-refractivity contribution in [2.75, 3.05) is 26.1 Å². The minimum Gasteiger partial charge on any atom is -0.452 e. The van der Waals surface area contributed by atoms with Crippen LogP contribution in [0.15, 0.2) is 12.1 Å². The number of nitrogen functional groups attached to an aromatic ring is 1. The highest BCUT2D eigenvalue weighted by Crippen LogP contribution is 2.17. The summed E-state index contributed by atoms with van der Waals surface area (Å²) in [7, 11) is 1.48. The van der Waals surface area contributed by atoms with E-state index in [0.717, 1.165) is 0 Å². The summed E-state index contributed by atoms with van der Waals surface area (Å²) in [5, 5.41) is 2.52. The van der Waals surface area contributed by atoms with Crippen LogP contribution in [-0.4, -0.2) is 38.2 Å². The number of nitrogens with one attached hydrogen (secondary N) is 1. The minimum atomic E-state index is -1.23. The number of ether oxygens (including phenoxy) is 2. The van der Waals surface area contributed by atoms with Gasteiger partial charge in [0.05, 0.1) is 12.2 Å². The van der Waals surface area contributed by atoms with E-state index in [-0.39, 0.29) is 17.3 Å². The highest BCUT2D eigenvalue weighted by molar-refractivity contribution is 5.96. The van der Waals surface area contributed by atoms with Gasteiger partial charge in [0.2, 0.25) is 0 Å². The summed E-state index contributed by atoms with van der Waals surface area (Å²) in [4.78, 5) is 23.1. The summed E-state index contributed by atoms with van der Waals surface area (Å²) in [5.74, 6) is -3.96. The molecule has 0 aliphatic carbocycles. The predicted molar refractivity (Wildman–Crippen MR) is 70.5 cm³/mol. The van der Waals surface area contributed by atoms with Crippen molar-refractivity contribution in [3.05, 3.63) is 29.3 Å². The molecular weight excluding hydrogens is 286 g/mol. The Morgan fingerprint density at radius 3 is 2.57 bits per heavy atom. The van der Waals surface area contributed by atoms with Crippen LogP contribution >= 0.6 is 0 Å². The van der Waals surface area contributed by atoms with Crippen molar-refractivity contribution in [2.45, 2.75) is 13.0 Å². The predicted octanol–water partition coefficient (Wildman–Crippen LogP) is 0.855. The first-order valence-corrected chi connectivity index (χ1v) is 6.05. The Kier molecular flexibility index (Phi) is 6.04. The number of carbonyl (C=O) groups is 2. The molecule has 6 nitrogen and oxygen atoms in total. The Balaban J connectivity index is 2.58. The number of hydrogen-bond donors (Lipinski definition) is 2. The number of anilines is 1. The van der Waals surface area contributed by atoms with Gasteiger partial charge in [0.25, 0.3) is 5.91 Å². The second kappa shape index (κ2) is 7.53. The summed E-state index contributed by atoms with van der Waals surface area (Å²) in [5.41, 5.74) is 4.78. The molecule has 0 bridgehead atoms. The summed E-state index contributed by atoms with van der Waals surface area (Å²) >= 11 is 0. The first-order valence-electron chi connectivity index (χ1n) is 6.05. The standard InChI is InChI=1S/C13H16F2N2O4/c1-7(5-20-2)17-12(18)6-21-13(19)8-3-9(14)10(15)4-11(8)16/h3-4,7H,5-6,16H2,1-2H3,(H,17,18). The van der Waals surface area contributed by atoms with Gasteiger partial charge in [0.15, 0.2) is 18.2 Å². The summed E-state index contributed by atoms with van der Waals surface area (Å²) in [6, 6.07) is 1.04. The summed E-state index contributed by atoms with van der Waals surface area (Å²) < 4.78 is 35.4. The fourth-order valence-electron chi connectivity index (χ4n) is 1.56. The van der Waals surface area contributed by atoms with E-state index in [0.29, 0.717) is 18.7 Å². The fraction of sp³-hybridized carbons (Fsp3) is 0.385. The van der Waals surface area contributed by atoms with Gasteiger partial charge in [0, 0.05) is 24.9 Å². The Hall–Kier alpha value is -2.22. The number of nitrogens with two attached hydrogens (primary N) is 1. The Bertz CT molecular complexity index is 537. The van der Waals surface area contributed by atoms with E-state index in [1.165, 1.54) is 7.11 Å². The molecule has 0 spiro atoms. The number of halogens is 2. The van der Waals surface area contributed by atoms with Gasteiger partial charge in [-0.05, 0) is 13.0 Å². The molecule has 0 fully saturated rings. The molecule has 1 unspecified atom stereocenters. The number of hydrogen-bond acceptors (Lipinski definition) is 5. The molecule has 3 N–H and O–H groups in total. The van der Waals surface area contributed by atoms with E-state index in [9.17, 15) is 18.4 Å². The van der Waals surface area contributed by atoms with E-state index < -0.39 is 30.1 Å². The molecule has 1 amide bonds. The van der Waals surface area contributed by atoms with Crippen molar-refractivity contribution in [2.24, 2.45) is 0 Å². The van der Waals surface area contributed by atoms with E-state index in [1.807, 2.05) is 0 Å². The van der Waals surface area contributed by atoms with Crippen LogP contribution in [0.3, 0.4) is 0 Å². The van der Waals surface area contributed by atoms with Gasteiger partial charge in [-0.25, -0.2) is 13.6 Å². The zero-order chi connectivity index (χ0) is 16.0. The second-order valence-electron chi connectivity index (χ2n) is 4.35. The van der Waals surface area contributed by atoms with Gasteiger partial charge in [-0.15, -0.1) is 0 Å². The second-order valence-corrected chi connectivity index (χ2v) is 4.35. The number of carbonyl (C=O) groups excluding carboxylic acids is 2. The van der Waals surface area contributed by atoms with Crippen LogP contribution in [0, 0.1) is 11.6 Å². The molecule has 0 heterocycles. The molecule has 0 saturated carbocycles. The van der Waals surface area contributed by atoms with Crippen LogP contribution in [0.1, 0.15) is 17.3 Å². The number of rotatable bonds is 6. The van der Waals surface area contributed by atoms with Gasteiger partial charge in [0.1, 0.15) is 0 Å². The monoisotopic (exact) mass is 302 g/mol. The molecule has 1 atom stereocenters. The Labute approximate surface area is 120 Å². The van der Waals surface area contributed by atoms with Crippen LogP contribution in [0.2, 0.25) is 0 Å². The number of amides is 1. The SMILES string of the molecule is COCC(C)NC(=O)COC(=O)c1cc(F)c(F)cc1N. The van der Waals surface area contributed by atoms with Gasteiger partial charge >= 0.3 is 5.97 Å². The average molecular weight is 302 g/mol. The van der Waals surface area contributed by atoms with Crippen LogP contribution in [0.25, 0.3) is 0 Å². The lowest BCUT2D eigenvalue weighted by atomic mass is 10.1.